The van der Waals surface area contributed by atoms with Gasteiger partial charge in [-0.05, 0) is 118 Å². The molecule has 5 nitrogen and oxygen atoms in total. The van der Waals surface area contributed by atoms with Gasteiger partial charge in [-0.2, -0.15) is 22.0 Å². The van der Waals surface area contributed by atoms with Crippen LogP contribution in [0.1, 0.15) is 80.9 Å². The highest BCUT2D eigenvalue weighted by molar-refractivity contribution is 7.91. The number of allylic oxidation sites excluding steroid dienone is 2. The number of phenols is 1. The van der Waals surface area contributed by atoms with Crippen LogP contribution in [0.5, 0.6) is 5.75 Å². The van der Waals surface area contributed by atoms with Crippen molar-refractivity contribution < 1.29 is 35.5 Å². The van der Waals surface area contributed by atoms with E-state index in [0.717, 1.165) is 63.5 Å². The molecule has 1 aromatic heterocycles. The summed E-state index contributed by atoms with van der Waals surface area (Å²) in [6.07, 6.45) is 3.86. The number of aromatic hydroxyl groups is 1. The average molecular weight is 617 g/mol. The SMILES string of the molecule is CN(CCCCCCC1=C(c2cccnc2)CCCc2cc(O)ccc21)CCCS(=O)(=O)CCCC(F)(F)C(F)(F)F. The highest BCUT2D eigenvalue weighted by atomic mass is 32.2. The van der Waals surface area contributed by atoms with Gasteiger partial charge < -0.3 is 10.0 Å². The van der Waals surface area contributed by atoms with Gasteiger partial charge in [0.05, 0.1) is 11.5 Å². The van der Waals surface area contributed by atoms with Gasteiger partial charge in [-0.3, -0.25) is 4.98 Å². The fraction of sp³-hybridized carbons (Fsp3) is 0.581. The van der Waals surface area contributed by atoms with E-state index in [9.17, 15) is 35.5 Å². The number of nitrogens with zero attached hydrogens (tertiary/aromatic N) is 2. The first-order chi connectivity index (χ1) is 19.8. The summed E-state index contributed by atoms with van der Waals surface area (Å²) in [4.78, 5) is 6.34. The first-order valence-electron chi connectivity index (χ1n) is 14.6. The number of aryl methyl sites for hydroxylation is 1. The Labute approximate surface area is 245 Å². The van der Waals surface area contributed by atoms with E-state index in [0.29, 0.717) is 13.0 Å². The Morgan fingerprint density at radius 1 is 0.929 bits per heavy atom. The summed E-state index contributed by atoms with van der Waals surface area (Å²) in [5.41, 5.74) is 6.14. The molecule has 234 valence electrons. The zero-order chi connectivity index (χ0) is 30.8. The minimum atomic E-state index is -5.66. The number of benzene rings is 1. The van der Waals surface area contributed by atoms with Crippen molar-refractivity contribution in [3.63, 3.8) is 0 Å². The van der Waals surface area contributed by atoms with Gasteiger partial charge in [0.1, 0.15) is 15.6 Å². The van der Waals surface area contributed by atoms with Crippen LogP contribution < -0.4 is 0 Å². The van der Waals surface area contributed by atoms with E-state index in [1.165, 1.54) is 22.3 Å². The monoisotopic (exact) mass is 616 g/mol. The van der Waals surface area contributed by atoms with Gasteiger partial charge in [0.15, 0.2) is 0 Å². The highest BCUT2D eigenvalue weighted by Gasteiger charge is 2.56. The number of rotatable bonds is 16. The molecule has 3 rings (SSSR count). The molecule has 1 N–H and O–H groups in total. The first-order valence-corrected chi connectivity index (χ1v) is 16.4. The molecule has 1 aliphatic carbocycles. The molecule has 0 unspecified atom stereocenters. The zero-order valence-electron chi connectivity index (χ0n) is 24.1. The van der Waals surface area contributed by atoms with E-state index in [1.54, 1.807) is 12.3 Å². The normalized spacial score (nSPS) is 14.7. The van der Waals surface area contributed by atoms with E-state index in [-0.39, 0.29) is 11.5 Å². The van der Waals surface area contributed by atoms with Gasteiger partial charge in [0, 0.05) is 18.8 Å². The second-order valence-corrected chi connectivity index (χ2v) is 13.5. The van der Waals surface area contributed by atoms with Crippen molar-refractivity contribution in [1.29, 1.82) is 0 Å². The van der Waals surface area contributed by atoms with Gasteiger partial charge in [-0.15, -0.1) is 0 Å². The van der Waals surface area contributed by atoms with Crippen molar-refractivity contribution in [2.75, 3.05) is 31.6 Å². The largest absolute Gasteiger partial charge is 0.508 e. The lowest BCUT2D eigenvalue weighted by Crippen LogP contribution is -2.36. The van der Waals surface area contributed by atoms with Gasteiger partial charge in [-0.25, -0.2) is 8.42 Å². The minimum absolute atomic E-state index is 0.234. The Kier molecular flexibility index (Phi) is 12.4. The molecule has 0 fully saturated rings. The molecule has 11 heteroatoms. The second kappa shape index (κ2) is 15.3. The van der Waals surface area contributed by atoms with Crippen LogP contribution in [0.4, 0.5) is 22.0 Å². The Morgan fingerprint density at radius 3 is 2.36 bits per heavy atom. The third-order valence-corrected chi connectivity index (χ3v) is 9.56. The lowest BCUT2D eigenvalue weighted by atomic mass is 9.89. The number of sulfone groups is 1. The maximum absolute atomic E-state index is 13.0. The maximum Gasteiger partial charge on any atom is 0.453 e. The first kappa shape index (κ1) is 34.0. The van der Waals surface area contributed by atoms with E-state index < -0.39 is 40.5 Å². The quantitative estimate of drug-likeness (QED) is 0.155. The number of fused-ring (bicyclic) bond motifs is 1. The van der Waals surface area contributed by atoms with Crippen LogP contribution in [-0.4, -0.2) is 67.1 Å². The molecular weight excluding hydrogens is 575 g/mol. The Balaban J connectivity index is 1.40. The highest BCUT2D eigenvalue weighted by Crippen LogP contribution is 2.40. The molecule has 0 aliphatic heterocycles. The van der Waals surface area contributed by atoms with Crippen LogP contribution in [0, 0.1) is 0 Å². The van der Waals surface area contributed by atoms with Crippen LogP contribution >= 0.6 is 0 Å². The number of phenolic OH excluding ortho intramolecular Hbond substituents is 1. The molecule has 0 atom stereocenters. The molecule has 1 aliphatic rings. The van der Waals surface area contributed by atoms with Crippen molar-refractivity contribution in [3.05, 3.63) is 59.4 Å². The molecule has 1 heterocycles. The van der Waals surface area contributed by atoms with Gasteiger partial charge in [0.2, 0.25) is 0 Å². The van der Waals surface area contributed by atoms with E-state index in [4.69, 9.17) is 0 Å². The fourth-order valence-electron chi connectivity index (χ4n) is 5.46. The third kappa shape index (κ3) is 10.3. The Hall–Kier alpha value is -2.53. The average Bonchev–Trinajstić information content (AvgIpc) is 3.09. The van der Waals surface area contributed by atoms with Crippen molar-refractivity contribution in [2.24, 2.45) is 0 Å². The number of unbranched alkanes of at least 4 members (excludes halogenated alkanes) is 3. The molecular formula is C31H41F5N2O3S. The second-order valence-electron chi connectivity index (χ2n) is 11.2. The molecule has 0 amide bonds. The van der Waals surface area contributed by atoms with E-state index >= 15 is 0 Å². The number of halogens is 5. The maximum atomic E-state index is 13.0. The van der Waals surface area contributed by atoms with Gasteiger partial charge in [0.25, 0.3) is 0 Å². The van der Waals surface area contributed by atoms with Crippen LogP contribution in [0.25, 0.3) is 11.1 Å². The Bertz CT molecular complexity index is 1280. The van der Waals surface area contributed by atoms with Crippen molar-refractivity contribution in [1.82, 2.24) is 9.88 Å². The summed E-state index contributed by atoms with van der Waals surface area (Å²) in [6, 6.07) is 9.69. The van der Waals surface area contributed by atoms with E-state index in [1.807, 2.05) is 36.3 Å². The molecule has 0 spiro atoms. The van der Waals surface area contributed by atoms with Crippen LogP contribution in [-0.2, 0) is 16.3 Å². The lowest BCUT2D eigenvalue weighted by molar-refractivity contribution is -0.284. The van der Waals surface area contributed by atoms with Crippen molar-refractivity contribution >= 4 is 21.0 Å². The molecule has 0 bridgehead atoms. The van der Waals surface area contributed by atoms with Crippen LogP contribution in [0.3, 0.4) is 0 Å². The number of hydrogen-bond donors (Lipinski definition) is 1. The van der Waals surface area contributed by atoms with Crippen LogP contribution in [0.2, 0.25) is 0 Å². The van der Waals surface area contributed by atoms with Gasteiger partial charge >= 0.3 is 12.1 Å². The number of pyridine rings is 1. The van der Waals surface area contributed by atoms with Crippen LogP contribution in [0.15, 0.2) is 42.7 Å². The molecule has 1 aromatic carbocycles. The summed E-state index contributed by atoms with van der Waals surface area (Å²) in [5, 5.41) is 10.0. The molecule has 42 heavy (non-hydrogen) atoms. The molecule has 2 aromatic rings. The predicted octanol–water partition coefficient (Wildman–Crippen LogP) is 7.70. The van der Waals surface area contributed by atoms with Gasteiger partial charge in [-0.1, -0.05) is 25.0 Å². The van der Waals surface area contributed by atoms with Crippen molar-refractivity contribution in [3.8, 4) is 5.75 Å². The summed E-state index contributed by atoms with van der Waals surface area (Å²) in [5.74, 6) is -5.49. The standard InChI is InChI=1S/C31H41F5N2O3S/c1-38(19-9-21-42(40,41)20-8-16-30(32,33)31(34,35)36)18-5-3-2-4-12-29-27(25-11-7-17-37-23-25)13-6-10-24-22-26(39)14-15-28(24)29/h7,11,14-15,17,22-23,39H,2-6,8-10,12-13,16,18-21H2,1H3. The zero-order valence-corrected chi connectivity index (χ0v) is 24.9. The summed E-state index contributed by atoms with van der Waals surface area (Å²) in [7, 11) is -1.80. The lowest BCUT2D eigenvalue weighted by Gasteiger charge is -2.19. The predicted molar refractivity (Wildman–Crippen MR) is 156 cm³/mol. The molecule has 0 radical (unpaired) electrons. The number of hydrogen-bond acceptors (Lipinski definition) is 5. The Morgan fingerprint density at radius 2 is 1.64 bits per heavy atom. The topological polar surface area (TPSA) is 70.5 Å². The smallest absolute Gasteiger partial charge is 0.453 e. The summed E-state index contributed by atoms with van der Waals surface area (Å²) >= 11 is 0. The minimum Gasteiger partial charge on any atom is -0.508 e. The number of alkyl halides is 5. The van der Waals surface area contributed by atoms with E-state index in [2.05, 4.69) is 11.1 Å². The number of aromatic nitrogens is 1. The molecule has 0 saturated heterocycles. The molecule has 0 saturated carbocycles. The summed E-state index contributed by atoms with van der Waals surface area (Å²) < 4.78 is 86.9. The summed E-state index contributed by atoms with van der Waals surface area (Å²) in [6.45, 7) is 1.28. The fourth-order valence-corrected chi connectivity index (χ4v) is 6.81. The third-order valence-electron chi connectivity index (χ3n) is 7.73. The van der Waals surface area contributed by atoms with Crippen molar-refractivity contribution in [2.45, 2.75) is 82.7 Å².